The van der Waals surface area contributed by atoms with Crippen LogP contribution in [0.5, 0.6) is 0 Å². The Morgan fingerprint density at radius 1 is 0.914 bits per heavy atom. The predicted octanol–water partition coefficient (Wildman–Crippen LogP) is 4.38. The normalized spacial score (nSPS) is 10.5. The molecule has 0 aliphatic carbocycles. The van der Waals surface area contributed by atoms with Crippen molar-refractivity contribution in [2.45, 2.75) is 13.0 Å². The molecule has 3 rings (SSSR count). The number of nitrogens with zero attached hydrogens (tertiary/aromatic N) is 3. The maximum atomic E-state index is 13.0. The lowest BCUT2D eigenvalue weighted by Gasteiger charge is -2.24. The number of anilines is 3. The molecule has 3 aromatic carbocycles. The summed E-state index contributed by atoms with van der Waals surface area (Å²) in [6.07, 6.45) is 0.812. The largest absolute Gasteiger partial charge is 0.397 e. The molecule has 0 atom stereocenters. The standard InChI is InChI=1S/C27H30N6O2/c1-32(2)16-5-17-33(27(35)30-23-14-10-20(18-28)11-15-23)19-21-8-12-22(13-9-21)26(34)31-25-7-4-3-6-24(25)29/h3-4,6-15H,5,16-17,19,29H2,1-2H3,(H,30,35)(H,31,34). The Morgan fingerprint density at radius 3 is 2.23 bits per heavy atom. The van der Waals surface area contributed by atoms with Crippen LogP contribution < -0.4 is 16.4 Å². The minimum atomic E-state index is -0.254. The van der Waals surface area contributed by atoms with Crippen LogP contribution in [0.2, 0.25) is 0 Å². The monoisotopic (exact) mass is 470 g/mol. The zero-order valence-corrected chi connectivity index (χ0v) is 20.0. The maximum absolute atomic E-state index is 13.0. The van der Waals surface area contributed by atoms with E-state index in [1.165, 1.54) is 0 Å². The summed E-state index contributed by atoms with van der Waals surface area (Å²) in [7, 11) is 3.99. The summed E-state index contributed by atoms with van der Waals surface area (Å²) < 4.78 is 0. The molecule has 180 valence electrons. The number of hydrogen-bond donors (Lipinski definition) is 3. The lowest BCUT2D eigenvalue weighted by molar-refractivity contribution is 0.102. The molecule has 8 heteroatoms. The van der Waals surface area contributed by atoms with Gasteiger partial charge in [-0.25, -0.2) is 4.79 Å². The Balaban J connectivity index is 1.67. The fraction of sp³-hybridized carbons (Fsp3) is 0.222. The SMILES string of the molecule is CN(C)CCCN(Cc1ccc(C(=O)Nc2ccccc2N)cc1)C(=O)Nc1ccc(C#N)cc1. The van der Waals surface area contributed by atoms with Gasteiger partial charge in [0, 0.05) is 24.3 Å². The number of rotatable bonds is 9. The number of carbonyl (C=O) groups is 2. The van der Waals surface area contributed by atoms with Gasteiger partial charge in [-0.15, -0.1) is 0 Å². The summed E-state index contributed by atoms with van der Waals surface area (Å²) in [6, 6.07) is 22.8. The molecule has 0 aliphatic heterocycles. The molecule has 0 aromatic heterocycles. The van der Waals surface area contributed by atoms with Crippen molar-refractivity contribution in [2.75, 3.05) is 43.6 Å². The van der Waals surface area contributed by atoms with Crippen molar-refractivity contribution >= 4 is 29.0 Å². The van der Waals surface area contributed by atoms with E-state index in [4.69, 9.17) is 11.0 Å². The predicted molar refractivity (Wildman–Crippen MR) is 139 cm³/mol. The highest BCUT2D eigenvalue weighted by atomic mass is 16.2. The summed E-state index contributed by atoms with van der Waals surface area (Å²) >= 11 is 0. The molecule has 4 N–H and O–H groups in total. The molecule has 3 amide bonds. The topological polar surface area (TPSA) is 114 Å². The number of nitrogens with two attached hydrogens (primary N) is 1. The number of benzene rings is 3. The summed E-state index contributed by atoms with van der Waals surface area (Å²) in [5, 5.41) is 14.7. The Kier molecular flexibility index (Phi) is 8.82. The van der Waals surface area contributed by atoms with Crippen LogP contribution in [0.15, 0.2) is 72.8 Å². The Morgan fingerprint density at radius 2 is 1.60 bits per heavy atom. The van der Waals surface area contributed by atoms with Crippen molar-refractivity contribution in [3.05, 3.63) is 89.5 Å². The van der Waals surface area contributed by atoms with Gasteiger partial charge in [0.15, 0.2) is 0 Å². The number of para-hydroxylation sites is 2. The fourth-order valence-electron chi connectivity index (χ4n) is 3.45. The van der Waals surface area contributed by atoms with Gasteiger partial charge in [-0.3, -0.25) is 4.79 Å². The lowest BCUT2D eigenvalue weighted by Crippen LogP contribution is -2.36. The summed E-state index contributed by atoms with van der Waals surface area (Å²) in [5.41, 5.74) is 9.53. The molecule has 0 unspecified atom stereocenters. The Bertz CT molecular complexity index is 1180. The van der Waals surface area contributed by atoms with Crippen LogP contribution in [-0.2, 0) is 6.54 Å². The molecular weight excluding hydrogens is 440 g/mol. The average Bonchev–Trinajstić information content (AvgIpc) is 2.85. The van der Waals surface area contributed by atoms with Crippen LogP contribution in [-0.4, -0.2) is 48.9 Å². The van der Waals surface area contributed by atoms with Gasteiger partial charge in [0.05, 0.1) is 23.0 Å². The molecular formula is C27H30N6O2. The molecule has 3 aromatic rings. The zero-order chi connectivity index (χ0) is 25.2. The van der Waals surface area contributed by atoms with Crippen LogP contribution in [0.4, 0.5) is 21.9 Å². The van der Waals surface area contributed by atoms with Crippen molar-refractivity contribution < 1.29 is 9.59 Å². The van der Waals surface area contributed by atoms with Crippen LogP contribution >= 0.6 is 0 Å². The quantitative estimate of drug-likeness (QED) is 0.402. The first-order valence-corrected chi connectivity index (χ1v) is 11.3. The second kappa shape index (κ2) is 12.2. The molecule has 35 heavy (non-hydrogen) atoms. The van der Waals surface area contributed by atoms with E-state index >= 15 is 0 Å². The van der Waals surface area contributed by atoms with Crippen LogP contribution in [0.3, 0.4) is 0 Å². The number of hydrogen-bond acceptors (Lipinski definition) is 5. The number of nitrogen functional groups attached to an aromatic ring is 1. The fourth-order valence-corrected chi connectivity index (χ4v) is 3.45. The minimum absolute atomic E-state index is 0.227. The first-order valence-electron chi connectivity index (χ1n) is 11.3. The third-order valence-corrected chi connectivity index (χ3v) is 5.38. The van der Waals surface area contributed by atoms with E-state index in [1.54, 1.807) is 53.4 Å². The third kappa shape index (κ3) is 7.59. The Hall–Kier alpha value is -4.35. The molecule has 0 saturated heterocycles. The van der Waals surface area contributed by atoms with Crippen LogP contribution in [0.1, 0.15) is 27.9 Å². The number of carbonyl (C=O) groups excluding carboxylic acids is 2. The van der Waals surface area contributed by atoms with Gasteiger partial charge in [-0.1, -0.05) is 24.3 Å². The van der Waals surface area contributed by atoms with Crippen molar-refractivity contribution in [3.63, 3.8) is 0 Å². The van der Waals surface area contributed by atoms with E-state index < -0.39 is 0 Å². The Labute approximate surface area is 206 Å². The number of nitriles is 1. The van der Waals surface area contributed by atoms with Gasteiger partial charge in [-0.2, -0.15) is 5.26 Å². The molecule has 0 saturated carbocycles. The van der Waals surface area contributed by atoms with Crippen molar-refractivity contribution in [1.29, 1.82) is 5.26 Å². The number of amides is 3. The molecule has 0 bridgehead atoms. The second-order valence-corrected chi connectivity index (χ2v) is 8.44. The highest BCUT2D eigenvalue weighted by Gasteiger charge is 2.15. The highest BCUT2D eigenvalue weighted by molar-refractivity contribution is 6.05. The van der Waals surface area contributed by atoms with Crippen molar-refractivity contribution in [1.82, 2.24) is 9.80 Å². The summed E-state index contributed by atoms with van der Waals surface area (Å²) in [5.74, 6) is -0.254. The van der Waals surface area contributed by atoms with E-state index in [2.05, 4.69) is 21.6 Å². The van der Waals surface area contributed by atoms with Gasteiger partial charge >= 0.3 is 6.03 Å². The van der Waals surface area contributed by atoms with Crippen LogP contribution in [0, 0.1) is 11.3 Å². The minimum Gasteiger partial charge on any atom is -0.397 e. The van der Waals surface area contributed by atoms with Gasteiger partial charge in [-0.05, 0) is 81.2 Å². The smallest absolute Gasteiger partial charge is 0.322 e. The van der Waals surface area contributed by atoms with Crippen LogP contribution in [0.25, 0.3) is 0 Å². The molecule has 0 fully saturated rings. The van der Waals surface area contributed by atoms with Crippen molar-refractivity contribution in [3.8, 4) is 6.07 Å². The lowest BCUT2D eigenvalue weighted by atomic mass is 10.1. The van der Waals surface area contributed by atoms with E-state index in [1.807, 2.05) is 38.4 Å². The first-order chi connectivity index (χ1) is 16.9. The van der Waals surface area contributed by atoms with E-state index in [-0.39, 0.29) is 11.9 Å². The van der Waals surface area contributed by atoms with Gasteiger partial charge in [0.25, 0.3) is 5.91 Å². The first kappa shape index (κ1) is 25.3. The van der Waals surface area contributed by atoms with Gasteiger partial charge in [0.1, 0.15) is 0 Å². The molecule has 8 nitrogen and oxygen atoms in total. The second-order valence-electron chi connectivity index (χ2n) is 8.44. The third-order valence-electron chi connectivity index (χ3n) is 5.38. The maximum Gasteiger partial charge on any atom is 0.322 e. The zero-order valence-electron chi connectivity index (χ0n) is 20.0. The number of nitrogens with one attached hydrogen (secondary N) is 2. The van der Waals surface area contributed by atoms with Crippen molar-refractivity contribution in [2.24, 2.45) is 0 Å². The summed E-state index contributed by atoms with van der Waals surface area (Å²) in [6.45, 7) is 1.81. The number of urea groups is 1. The average molecular weight is 471 g/mol. The molecule has 0 spiro atoms. The van der Waals surface area contributed by atoms with E-state index in [0.29, 0.717) is 41.3 Å². The van der Waals surface area contributed by atoms with E-state index in [0.717, 1.165) is 18.5 Å². The molecule has 0 heterocycles. The highest BCUT2D eigenvalue weighted by Crippen LogP contribution is 2.18. The molecule has 0 radical (unpaired) electrons. The van der Waals surface area contributed by atoms with E-state index in [9.17, 15) is 9.59 Å². The molecule has 0 aliphatic rings. The van der Waals surface area contributed by atoms with Gasteiger partial charge < -0.3 is 26.2 Å². The summed E-state index contributed by atoms with van der Waals surface area (Å²) in [4.78, 5) is 29.4. The van der Waals surface area contributed by atoms with Gasteiger partial charge in [0.2, 0.25) is 0 Å².